The van der Waals surface area contributed by atoms with Crippen LogP contribution in [0, 0.1) is 11.3 Å². The van der Waals surface area contributed by atoms with Crippen molar-refractivity contribution in [2.24, 2.45) is 11.3 Å². The summed E-state index contributed by atoms with van der Waals surface area (Å²) in [6.45, 7) is 7.75. The van der Waals surface area contributed by atoms with Crippen molar-refractivity contribution in [3.8, 4) is 0 Å². The molecule has 3 nitrogen and oxygen atoms in total. The van der Waals surface area contributed by atoms with Crippen LogP contribution in [0.1, 0.15) is 40.5 Å². The smallest absolute Gasteiger partial charge is 0.314 e. The molecule has 0 atom stereocenters. The summed E-state index contributed by atoms with van der Waals surface area (Å²) in [5.74, 6) is 0.211. The first-order chi connectivity index (χ1) is 6.33. The van der Waals surface area contributed by atoms with E-state index in [2.05, 4.69) is 6.92 Å². The third-order valence-corrected chi connectivity index (χ3v) is 3.32. The van der Waals surface area contributed by atoms with Gasteiger partial charge in [-0.1, -0.05) is 6.92 Å². The topological polar surface area (TPSA) is 46.5 Å². The van der Waals surface area contributed by atoms with E-state index < -0.39 is 11.0 Å². The van der Waals surface area contributed by atoms with Crippen LogP contribution in [0.25, 0.3) is 0 Å². The van der Waals surface area contributed by atoms with E-state index in [4.69, 9.17) is 4.74 Å². The van der Waals surface area contributed by atoms with Crippen molar-refractivity contribution in [3.63, 3.8) is 0 Å². The van der Waals surface area contributed by atoms with E-state index in [0.29, 0.717) is 25.4 Å². The van der Waals surface area contributed by atoms with Crippen molar-refractivity contribution in [3.05, 3.63) is 0 Å². The molecule has 1 fully saturated rings. The predicted octanol–water partition coefficient (Wildman–Crippen LogP) is 1.74. The van der Waals surface area contributed by atoms with E-state index >= 15 is 0 Å². The molecule has 0 amide bonds. The molecule has 1 aliphatic carbocycles. The van der Waals surface area contributed by atoms with Crippen LogP contribution >= 0.6 is 0 Å². The van der Waals surface area contributed by atoms with Crippen molar-refractivity contribution in [1.29, 1.82) is 0 Å². The maximum absolute atomic E-state index is 11.6. The highest BCUT2D eigenvalue weighted by molar-refractivity contribution is 5.77. The van der Waals surface area contributed by atoms with Gasteiger partial charge in [0.05, 0.1) is 17.6 Å². The molecule has 3 heteroatoms. The molecule has 0 heterocycles. The monoisotopic (exact) mass is 200 g/mol. The van der Waals surface area contributed by atoms with Gasteiger partial charge in [0.15, 0.2) is 0 Å². The van der Waals surface area contributed by atoms with Crippen molar-refractivity contribution in [2.75, 3.05) is 6.61 Å². The quantitative estimate of drug-likeness (QED) is 0.706. The molecule has 0 aliphatic heterocycles. The Kier molecular flexibility index (Phi) is 2.91. The molecule has 1 saturated carbocycles. The number of ether oxygens (including phenoxy) is 1. The van der Waals surface area contributed by atoms with E-state index in [1.807, 2.05) is 0 Å². The number of rotatable bonds is 3. The number of hydrogen-bond donors (Lipinski definition) is 1. The second-order valence-corrected chi connectivity index (χ2v) is 4.89. The van der Waals surface area contributed by atoms with Gasteiger partial charge in [-0.15, -0.1) is 0 Å². The van der Waals surface area contributed by atoms with Crippen molar-refractivity contribution in [2.45, 2.75) is 46.1 Å². The fraction of sp³-hybridized carbons (Fsp3) is 0.909. The van der Waals surface area contributed by atoms with Gasteiger partial charge >= 0.3 is 5.97 Å². The molecular weight excluding hydrogens is 180 g/mol. The molecule has 1 rings (SSSR count). The van der Waals surface area contributed by atoms with Crippen LogP contribution in [0.2, 0.25) is 0 Å². The van der Waals surface area contributed by atoms with Gasteiger partial charge in [-0.2, -0.15) is 0 Å². The Bertz CT molecular complexity index is 227. The SMILES string of the molecule is CCOC(=O)C(C)(C)C1(O)CC(C)C1. The standard InChI is InChI=1S/C11H20O3/c1-5-14-9(12)10(3,4)11(13)6-8(2)7-11/h8,13H,5-7H2,1-4H3. The Labute approximate surface area is 85.5 Å². The fourth-order valence-corrected chi connectivity index (χ4v) is 2.10. The molecule has 0 radical (unpaired) electrons. The van der Waals surface area contributed by atoms with E-state index in [0.717, 1.165) is 0 Å². The molecule has 82 valence electrons. The molecule has 0 aromatic heterocycles. The third kappa shape index (κ3) is 1.65. The summed E-state index contributed by atoms with van der Waals surface area (Å²) in [7, 11) is 0. The lowest BCUT2D eigenvalue weighted by Crippen LogP contribution is -2.57. The summed E-state index contributed by atoms with van der Waals surface area (Å²) in [5, 5.41) is 10.2. The van der Waals surface area contributed by atoms with Gasteiger partial charge in [-0.05, 0) is 39.5 Å². The van der Waals surface area contributed by atoms with Gasteiger partial charge in [0.2, 0.25) is 0 Å². The van der Waals surface area contributed by atoms with Gasteiger partial charge in [0, 0.05) is 0 Å². The summed E-state index contributed by atoms with van der Waals surface area (Å²) in [6.07, 6.45) is 1.39. The van der Waals surface area contributed by atoms with Crippen LogP contribution < -0.4 is 0 Å². The normalized spacial score (nSPS) is 32.2. The van der Waals surface area contributed by atoms with Crippen LogP contribution in [-0.2, 0) is 9.53 Å². The van der Waals surface area contributed by atoms with Gasteiger partial charge < -0.3 is 9.84 Å². The Morgan fingerprint density at radius 3 is 2.43 bits per heavy atom. The van der Waals surface area contributed by atoms with Crippen LogP contribution in [0.4, 0.5) is 0 Å². The number of carbonyl (C=O) groups excluding carboxylic acids is 1. The lowest BCUT2D eigenvalue weighted by Gasteiger charge is -2.50. The van der Waals surface area contributed by atoms with Crippen LogP contribution in [0.5, 0.6) is 0 Å². The van der Waals surface area contributed by atoms with E-state index in [9.17, 15) is 9.90 Å². The minimum absolute atomic E-state index is 0.297. The van der Waals surface area contributed by atoms with Crippen molar-refractivity contribution in [1.82, 2.24) is 0 Å². The maximum Gasteiger partial charge on any atom is 0.314 e. The molecule has 1 aliphatic rings. The molecule has 0 aromatic rings. The molecule has 0 unspecified atom stereocenters. The molecule has 14 heavy (non-hydrogen) atoms. The van der Waals surface area contributed by atoms with Crippen LogP contribution in [0.3, 0.4) is 0 Å². The first kappa shape index (κ1) is 11.5. The van der Waals surface area contributed by atoms with E-state index in [1.165, 1.54) is 0 Å². The summed E-state index contributed by atoms with van der Waals surface area (Å²) in [5.41, 5.74) is -1.64. The zero-order chi connectivity index (χ0) is 11.0. The molecule has 0 bridgehead atoms. The third-order valence-electron chi connectivity index (χ3n) is 3.32. The van der Waals surface area contributed by atoms with Gasteiger partial charge in [-0.3, -0.25) is 4.79 Å². The second-order valence-electron chi connectivity index (χ2n) is 4.89. The Hall–Kier alpha value is -0.570. The summed E-state index contributed by atoms with van der Waals surface area (Å²) >= 11 is 0. The number of carbonyl (C=O) groups is 1. The zero-order valence-corrected chi connectivity index (χ0v) is 9.46. The first-order valence-electron chi connectivity index (χ1n) is 5.23. The molecule has 0 spiro atoms. The molecule has 0 saturated heterocycles. The van der Waals surface area contributed by atoms with Crippen molar-refractivity contribution < 1.29 is 14.6 Å². The van der Waals surface area contributed by atoms with Gasteiger partial charge in [0.25, 0.3) is 0 Å². The lowest BCUT2D eigenvalue weighted by atomic mass is 9.59. The van der Waals surface area contributed by atoms with E-state index in [-0.39, 0.29) is 5.97 Å². The minimum Gasteiger partial charge on any atom is -0.465 e. The molecule has 1 N–H and O–H groups in total. The number of hydrogen-bond acceptors (Lipinski definition) is 3. The number of aliphatic hydroxyl groups is 1. The number of esters is 1. The second kappa shape index (κ2) is 3.54. The largest absolute Gasteiger partial charge is 0.465 e. The van der Waals surface area contributed by atoms with Crippen LogP contribution in [-0.4, -0.2) is 23.3 Å². The Morgan fingerprint density at radius 1 is 1.57 bits per heavy atom. The first-order valence-corrected chi connectivity index (χ1v) is 5.23. The average molecular weight is 200 g/mol. The van der Waals surface area contributed by atoms with E-state index in [1.54, 1.807) is 20.8 Å². The van der Waals surface area contributed by atoms with Gasteiger partial charge in [0.1, 0.15) is 0 Å². The summed E-state index contributed by atoms with van der Waals surface area (Å²) in [4.78, 5) is 11.6. The average Bonchev–Trinajstić information content (AvgIpc) is 2.02. The fourth-order valence-electron chi connectivity index (χ4n) is 2.10. The predicted molar refractivity (Wildman–Crippen MR) is 53.8 cm³/mol. The lowest BCUT2D eigenvalue weighted by molar-refractivity contribution is -0.191. The molecular formula is C11H20O3. The zero-order valence-electron chi connectivity index (χ0n) is 9.46. The summed E-state index contributed by atoms with van der Waals surface area (Å²) in [6, 6.07) is 0. The Morgan fingerprint density at radius 2 is 2.07 bits per heavy atom. The van der Waals surface area contributed by atoms with Crippen LogP contribution in [0.15, 0.2) is 0 Å². The maximum atomic E-state index is 11.6. The summed E-state index contributed by atoms with van der Waals surface area (Å²) < 4.78 is 4.97. The van der Waals surface area contributed by atoms with Crippen molar-refractivity contribution >= 4 is 5.97 Å². The highest BCUT2D eigenvalue weighted by Crippen LogP contribution is 2.49. The highest BCUT2D eigenvalue weighted by Gasteiger charge is 2.55. The molecule has 0 aromatic carbocycles. The Balaban J connectivity index is 2.69. The van der Waals surface area contributed by atoms with Gasteiger partial charge in [-0.25, -0.2) is 0 Å². The minimum atomic E-state index is -0.862. The highest BCUT2D eigenvalue weighted by atomic mass is 16.5.